The van der Waals surface area contributed by atoms with Crippen molar-refractivity contribution in [1.29, 1.82) is 0 Å². The van der Waals surface area contributed by atoms with E-state index in [2.05, 4.69) is 10.6 Å². The summed E-state index contributed by atoms with van der Waals surface area (Å²) < 4.78 is 15.5. The van der Waals surface area contributed by atoms with Gasteiger partial charge in [0.15, 0.2) is 0 Å². The lowest BCUT2D eigenvalue weighted by Crippen LogP contribution is -2.21. The van der Waals surface area contributed by atoms with Crippen LogP contribution in [0.4, 0.5) is 11.4 Å². The van der Waals surface area contributed by atoms with Crippen molar-refractivity contribution in [2.24, 2.45) is 0 Å². The number of amides is 1. The molecule has 0 fully saturated rings. The summed E-state index contributed by atoms with van der Waals surface area (Å²) in [6, 6.07) is 14.0. The van der Waals surface area contributed by atoms with Crippen LogP contribution in [0.3, 0.4) is 0 Å². The Morgan fingerprint density at radius 2 is 1.75 bits per heavy atom. The van der Waals surface area contributed by atoms with Crippen LogP contribution in [0.25, 0.3) is 0 Å². The van der Waals surface area contributed by atoms with Crippen LogP contribution in [-0.4, -0.2) is 45.4 Å². The Bertz CT molecular complexity index is 762. The number of methoxy groups -OCH3 is 1. The van der Waals surface area contributed by atoms with Gasteiger partial charge in [-0.1, -0.05) is 13.0 Å². The van der Waals surface area contributed by atoms with E-state index in [-0.39, 0.29) is 18.4 Å². The van der Waals surface area contributed by atoms with Crippen LogP contribution in [0.15, 0.2) is 48.5 Å². The Labute approximate surface area is 165 Å². The molecule has 0 saturated heterocycles. The van der Waals surface area contributed by atoms with Gasteiger partial charge in [-0.3, -0.25) is 4.79 Å². The van der Waals surface area contributed by atoms with Gasteiger partial charge in [-0.05, 0) is 42.8 Å². The van der Waals surface area contributed by atoms with Crippen molar-refractivity contribution < 1.29 is 23.8 Å². The molecule has 1 amide bonds. The third kappa shape index (κ3) is 7.28. The van der Waals surface area contributed by atoms with Gasteiger partial charge >= 0.3 is 5.97 Å². The van der Waals surface area contributed by atoms with Crippen LogP contribution < -0.4 is 15.4 Å². The molecule has 7 heteroatoms. The fourth-order valence-electron chi connectivity index (χ4n) is 2.30. The van der Waals surface area contributed by atoms with E-state index in [1.165, 1.54) is 0 Å². The number of carbonyl (C=O) groups is 2. The van der Waals surface area contributed by atoms with Crippen molar-refractivity contribution in [3.63, 3.8) is 0 Å². The van der Waals surface area contributed by atoms with Gasteiger partial charge in [0.25, 0.3) is 0 Å². The van der Waals surface area contributed by atoms with Gasteiger partial charge in [-0.25, -0.2) is 4.79 Å². The Morgan fingerprint density at radius 3 is 2.46 bits per heavy atom. The van der Waals surface area contributed by atoms with E-state index in [0.717, 1.165) is 12.1 Å². The van der Waals surface area contributed by atoms with Gasteiger partial charge in [0.2, 0.25) is 5.91 Å². The first kappa shape index (κ1) is 21.2. The number of ether oxygens (including phenoxy) is 3. The van der Waals surface area contributed by atoms with Crippen molar-refractivity contribution >= 4 is 23.3 Å². The third-order valence-corrected chi connectivity index (χ3v) is 3.68. The molecule has 0 unspecified atom stereocenters. The standard InChI is InChI=1S/C21H26N2O5/c1-3-11-28-21(25)16-7-9-17(10-8-16)22-15-20(24)23-18-5-4-6-19(14-18)27-13-12-26-2/h4-10,14,22H,3,11-13,15H2,1-2H3,(H,23,24). The molecule has 2 aromatic rings. The van der Waals surface area contributed by atoms with Crippen LogP contribution >= 0.6 is 0 Å². The second-order valence-electron chi connectivity index (χ2n) is 5.98. The van der Waals surface area contributed by atoms with Crippen LogP contribution in [0.5, 0.6) is 5.75 Å². The summed E-state index contributed by atoms with van der Waals surface area (Å²) in [7, 11) is 1.61. The first-order valence-corrected chi connectivity index (χ1v) is 9.15. The molecule has 0 radical (unpaired) electrons. The Morgan fingerprint density at radius 1 is 0.964 bits per heavy atom. The highest BCUT2D eigenvalue weighted by atomic mass is 16.5. The number of hydrogen-bond donors (Lipinski definition) is 2. The van der Waals surface area contributed by atoms with Crippen molar-refractivity contribution in [3.8, 4) is 5.75 Å². The molecule has 7 nitrogen and oxygen atoms in total. The molecule has 0 aliphatic heterocycles. The minimum absolute atomic E-state index is 0.0917. The zero-order chi connectivity index (χ0) is 20.2. The first-order valence-electron chi connectivity index (χ1n) is 9.15. The maximum Gasteiger partial charge on any atom is 0.338 e. The highest BCUT2D eigenvalue weighted by Crippen LogP contribution is 2.17. The molecule has 0 spiro atoms. The summed E-state index contributed by atoms with van der Waals surface area (Å²) in [4.78, 5) is 23.9. The zero-order valence-electron chi connectivity index (χ0n) is 16.2. The maximum atomic E-state index is 12.1. The normalized spacial score (nSPS) is 10.2. The van der Waals surface area contributed by atoms with E-state index in [1.807, 2.05) is 19.1 Å². The smallest absolute Gasteiger partial charge is 0.338 e. The highest BCUT2D eigenvalue weighted by molar-refractivity contribution is 5.94. The van der Waals surface area contributed by atoms with Crippen molar-refractivity contribution in [2.45, 2.75) is 13.3 Å². The van der Waals surface area contributed by atoms with Gasteiger partial charge in [0.05, 0.1) is 25.3 Å². The number of nitrogens with one attached hydrogen (secondary N) is 2. The number of rotatable bonds is 11. The minimum Gasteiger partial charge on any atom is -0.491 e. The second-order valence-corrected chi connectivity index (χ2v) is 5.98. The van der Waals surface area contributed by atoms with Crippen molar-refractivity contribution in [1.82, 2.24) is 0 Å². The lowest BCUT2D eigenvalue weighted by atomic mass is 10.2. The molecule has 150 valence electrons. The Balaban J connectivity index is 1.80. The molecule has 0 heterocycles. The fraction of sp³-hybridized carbons (Fsp3) is 0.333. The van der Waals surface area contributed by atoms with Gasteiger partial charge in [0.1, 0.15) is 12.4 Å². The van der Waals surface area contributed by atoms with E-state index >= 15 is 0 Å². The van der Waals surface area contributed by atoms with E-state index in [0.29, 0.717) is 36.8 Å². The molecule has 0 saturated carbocycles. The number of esters is 1. The second kappa shape index (κ2) is 11.6. The van der Waals surface area contributed by atoms with Gasteiger partial charge in [-0.15, -0.1) is 0 Å². The SMILES string of the molecule is CCCOC(=O)c1ccc(NCC(=O)Nc2cccc(OCCOC)c2)cc1. The van der Waals surface area contributed by atoms with Crippen LogP contribution in [0.2, 0.25) is 0 Å². The minimum atomic E-state index is -0.348. The molecule has 0 aliphatic rings. The van der Waals surface area contributed by atoms with Crippen LogP contribution in [0.1, 0.15) is 23.7 Å². The largest absolute Gasteiger partial charge is 0.491 e. The van der Waals surface area contributed by atoms with Gasteiger partial charge in [-0.2, -0.15) is 0 Å². The molecule has 0 aromatic heterocycles. The average Bonchev–Trinajstić information content (AvgIpc) is 2.71. The predicted molar refractivity (Wildman–Crippen MR) is 108 cm³/mol. The summed E-state index contributed by atoms with van der Waals surface area (Å²) >= 11 is 0. The molecule has 0 bridgehead atoms. The average molecular weight is 386 g/mol. The molecular formula is C21H26N2O5. The summed E-state index contributed by atoms with van der Waals surface area (Å²) in [5.41, 5.74) is 1.86. The quantitative estimate of drug-likeness (QED) is 0.455. The van der Waals surface area contributed by atoms with Gasteiger partial charge in [0, 0.05) is 24.6 Å². The summed E-state index contributed by atoms with van der Waals surface area (Å²) in [5, 5.41) is 5.83. The molecule has 2 aromatic carbocycles. The summed E-state index contributed by atoms with van der Waals surface area (Å²) in [6.45, 7) is 3.37. The Hall–Kier alpha value is -3.06. The number of hydrogen-bond acceptors (Lipinski definition) is 6. The summed E-state index contributed by atoms with van der Waals surface area (Å²) in [6.07, 6.45) is 0.780. The predicted octanol–water partition coefficient (Wildman–Crippen LogP) is 3.33. The maximum absolute atomic E-state index is 12.1. The molecule has 0 atom stereocenters. The van der Waals surface area contributed by atoms with Crippen LogP contribution in [-0.2, 0) is 14.3 Å². The summed E-state index contributed by atoms with van der Waals surface area (Å²) in [5.74, 6) is 0.118. The molecule has 2 rings (SSSR count). The Kier molecular flexibility index (Phi) is 8.81. The monoisotopic (exact) mass is 386 g/mol. The zero-order valence-corrected chi connectivity index (χ0v) is 16.2. The van der Waals surface area contributed by atoms with E-state index in [4.69, 9.17) is 14.2 Å². The lowest BCUT2D eigenvalue weighted by Gasteiger charge is -2.10. The fourth-order valence-corrected chi connectivity index (χ4v) is 2.30. The van der Waals surface area contributed by atoms with E-state index in [9.17, 15) is 9.59 Å². The van der Waals surface area contributed by atoms with Crippen molar-refractivity contribution in [2.75, 3.05) is 44.1 Å². The molecule has 0 aliphatic carbocycles. The molecule has 28 heavy (non-hydrogen) atoms. The highest BCUT2D eigenvalue weighted by Gasteiger charge is 2.07. The number of anilines is 2. The lowest BCUT2D eigenvalue weighted by molar-refractivity contribution is -0.114. The molecular weight excluding hydrogens is 360 g/mol. The van der Waals surface area contributed by atoms with Crippen LogP contribution in [0, 0.1) is 0 Å². The van der Waals surface area contributed by atoms with E-state index in [1.54, 1.807) is 43.5 Å². The van der Waals surface area contributed by atoms with Crippen molar-refractivity contribution in [3.05, 3.63) is 54.1 Å². The van der Waals surface area contributed by atoms with E-state index < -0.39 is 0 Å². The topological polar surface area (TPSA) is 85.9 Å². The number of benzene rings is 2. The third-order valence-electron chi connectivity index (χ3n) is 3.68. The first-order chi connectivity index (χ1) is 13.6. The molecule has 2 N–H and O–H groups in total. The van der Waals surface area contributed by atoms with Gasteiger partial charge < -0.3 is 24.8 Å². The number of carbonyl (C=O) groups excluding carboxylic acids is 2.